The normalized spacial score (nSPS) is 14.4. The molecule has 3 heterocycles. The number of likely N-dealkylation sites (N-methyl/N-ethyl adjacent to an activating group) is 1. The fourth-order valence-electron chi connectivity index (χ4n) is 4.70. The molecule has 1 atom stereocenters. The Bertz CT molecular complexity index is 1480. The molecule has 1 saturated heterocycles. The smallest absolute Gasteiger partial charge is 0.134 e. The number of rotatable bonds is 8. The van der Waals surface area contributed by atoms with Crippen LogP contribution in [0.4, 0.5) is 5.82 Å². The molecule has 1 fully saturated rings. The monoisotopic (exact) mass is 528 g/mol. The molecule has 0 radical (unpaired) electrons. The Balaban J connectivity index is 1.50. The number of hydrogen-bond donors (Lipinski definition) is 1. The second-order valence-electron chi connectivity index (χ2n) is 9.61. The zero-order valence-electron chi connectivity index (χ0n) is 22.1. The van der Waals surface area contributed by atoms with Gasteiger partial charge in [-0.15, -0.1) is 0 Å². The van der Waals surface area contributed by atoms with E-state index >= 15 is 0 Å². The van der Waals surface area contributed by atoms with Crippen molar-refractivity contribution in [2.75, 3.05) is 31.6 Å². The van der Waals surface area contributed by atoms with Gasteiger partial charge in [-0.25, -0.2) is 9.67 Å². The Morgan fingerprint density at radius 1 is 1.21 bits per heavy atom. The van der Waals surface area contributed by atoms with E-state index in [1.54, 1.807) is 6.20 Å². The van der Waals surface area contributed by atoms with Gasteiger partial charge in [0.2, 0.25) is 0 Å². The van der Waals surface area contributed by atoms with Crippen LogP contribution >= 0.6 is 11.6 Å². The number of hydrogen-bond acceptors (Lipinski definition) is 5. The molecule has 1 unspecified atom stereocenters. The van der Waals surface area contributed by atoms with E-state index in [1.165, 1.54) is 0 Å². The van der Waals surface area contributed by atoms with Crippen molar-refractivity contribution in [3.63, 3.8) is 0 Å². The standard InChI is InChI=1S/C30H33ClN6O/c1-5-32-21(3)35(4)20(2)29(38)23-10-13-27-25(19-23)28(31)26(30(34-27)36-15-7-16-36)18-22-8-11-24(12-9-22)37-17-6-14-33-37/h6,8-14,17,19,29,38H,2,5,7,15-16,18H2,1,3-4H3/b32-21-. The number of fused-ring (bicyclic) bond motifs is 1. The molecule has 0 saturated carbocycles. The van der Waals surface area contributed by atoms with Crippen molar-refractivity contribution in [2.45, 2.75) is 32.8 Å². The third-order valence-electron chi connectivity index (χ3n) is 7.19. The van der Waals surface area contributed by atoms with Crippen molar-refractivity contribution in [3.05, 3.63) is 94.9 Å². The number of anilines is 1. The van der Waals surface area contributed by atoms with Gasteiger partial charge in [0.1, 0.15) is 11.9 Å². The highest BCUT2D eigenvalue weighted by atomic mass is 35.5. The van der Waals surface area contributed by atoms with Gasteiger partial charge in [0.25, 0.3) is 0 Å². The second kappa shape index (κ2) is 11.0. The first-order valence-corrected chi connectivity index (χ1v) is 13.3. The SMILES string of the molecule is C=C(C(O)c1ccc2nc(N3CCC3)c(Cc3ccc(-n4cccn4)cc3)c(Cl)c2c1)N(C)/C(C)=N\CC. The van der Waals surface area contributed by atoms with Crippen molar-refractivity contribution < 1.29 is 5.11 Å². The summed E-state index contributed by atoms with van der Waals surface area (Å²) < 4.78 is 1.84. The fraction of sp³-hybridized carbons (Fsp3) is 0.300. The van der Waals surface area contributed by atoms with Gasteiger partial charge in [0.15, 0.2) is 0 Å². The lowest BCUT2D eigenvalue weighted by molar-refractivity contribution is 0.193. The predicted octanol–water partition coefficient (Wildman–Crippen LogP) is 5.79. The molecule has 0 aliphatic carbocycles. The van der Waals surface area contributed by atoms with Gasteiger partial charge in [0, 0.05) is 62.1 Å². The molecule has 4 aromatic rings. The summed E-state index contributed by atoms with van der Waals surface area (Å²) in [5.74, 6) is 1.74. The number of aromatic nitrogens is 3. The Morgan fingerprint density at radius 2 is 1.97 bits per heavy atom. The third kappa shape index (κ3) is 5.04. The zero-order valence-corrected chi connectivity index (χ0v) is 22.9. The number of nitrogens with zero attached hydrogens (tertiary/aromatic N) is 6. The number of pyridine rings is 1. The van der Waals surface area contributed by atoms with Crippen LogP contribution in [-0.2, 0) is 6.42 Å². The lowest BCUT2D eigenvalue weighted by Crippen LogP contribution is -2.38. The average molecular weight is 529 g/mol. The van der Waals surface area contributed by atoms with Crippen LogP contribution in [0.15, 0.2) is 78.2 Å². The molecule has 8 heteroatoms. The molecule has 2 aromatic carbocycles. The van der Waals surface area contributed by atoms with E-state index in [0.717, 1.165) is 58.9 Å². The summed E-state index contributed by atoms with van der Waals surface area (Å²) in [6.07, 6.45) is 4.61. The van der Waals surface area contributed by atoms with Gasteiger partial charge in [-0.3, -0.25) is 4.99 Å². The van der Waals surface area contributed by atoms with E-state index in [9.17, 15) is 5.11 Å². The molecule has 196 valence electrons. The maximum Gasteiger partial charge on any atom is 0.134 e. The van der Waals surface area contributed by atoms with Gasteiger partial charge in [-0.2, -0.15) is 5.10 Å². The minimum Gasteiger partial charge on any atom is -0.382 e. The number of aliphatic hydroxyl groups is 1. The van der Waals surface area contributed by atoms with Crippen LogP contribution < -0.4 is 4.90 Å². The molecule has 0 amide bonds. The van der Waals surface area contributed by atoms with Gasteiger partial charge in [-0.05, 0) is 61.7 Å². The van der Waals surface area contributed by atoms with Crippen molar-refractivity contribution >= 4 is 34.2 Å². The summed E-state index contributed by atoms with van der Waals surface area (Å²) in [7, 11) is 1.87. The molecule has 1 aliphatic rings. The van der Waals surface area contributed by atoms with Crippen LogP contribution in [-0.4, -0.2) is 57.3 Å². The highest BCUT2D eigenvalue weighted by Crippen LogP contribution is 2.37. The van der Waals surface area contributed by atoms with Crippen LogP contribution in [0.1, 0.15) is 43.1 Å². The van der Waals surface area contributed by atoms with Crippen molar-refractivity contribution in [2.24, 2.45) is 4.99 Å². The lowest BCUT2D eigenvalue weighted by atomic mass is 9.99. The van der Waals surface area contributed by atoms with Gasteiger partial charge >= 0.3 is 0 Å². The summed E-state index contributed by atoms with van der Waals surface area (Å²) >= 11 is 7.13. The average Bonchev–Trinajstić information content (AvgIpc) is 3.44. The largest absolute Gasteiger partial charge is 0.382 e. The molecule has 0 bridgehead atoms. The maximum absolute atomic E-state index is 11.2. The van der Waals surface area contributed by atoms with Crippen molar-refractivity contribution in [3.8, 4) is 5.69 Å². The number of halogens is 1. The number of aliphatic hydroxyl groups excluding tert-OH is 1. The van der Waals surface area contributed by atoms with Crippen molar-refractivity contribution in [1.82, 2.24) is 19.7 Å². The van der Waals surface area contributed by atoms with Crippen LogP contribution in [0.2, 0.25) is 5.02 Å². The Kier molecular flexibility index (Phi) is 7.49. The molecule has 7 nitrogen and oxygen atoms in total. The summed E-state index contributed by atoms with van der Waals surface area (Å²) in [6, 6.07) is 16.0. The van der Waals surface area contributed by atoms with Crippen LogP contribution in [0.3, 0.4) is 0 Å². The molecule has 1 N–H and O–H groups in total. The van der Waals surface area contributed by atoms with Gasteiger partial charge in [0.05, 0.1) is 22.1 Å². The molecule has 0 spiro atoms. The van der Waals surface area contributed by atoms with E-state index < -0.39 is 6.10 Å². The summed E-state index contributed by atoms with van der Waals surface area (Å²) in [4.78, 5) is 13.6. The summed E-state index contributed by atoms with van der Waals surface area (Å²) in [6.45, 7) is 10.6. The first-order chi connectivity index (χ1) is 18.4. The van der Waals surface area contributed by atoms with Gasteiger partial charge in [-0.1, -0.05) is 36.4 Å². The summed E-state index contributed by atoms with van der Waals surface area (Å²) in [5.41, 5.74) is 5.23. The Morgan fingerprint density at radius 3 is 2.61 bits per heavy atom. The van der Waals surface area contributed by atoms with Crippen LogP contribution in [0, 0.1) is 0 Å². The quantitative estimate of drug-likeness (QED) is 0.231. The molecule has 1 aliphatic heterocycles. The molecular weight excluding hydrogens is 496 g/mol. The molecule has 38 heavy (non-hydrogen) atoms. The van der Waals surface area contributed by atoms with E-state index in [0.29, 0.717) is 29.2 Å². The highest BCUT2D eigenvalue weighted by molar-refractivity contribution is 6.36. The third-order valence-corrected chi connectivity index (χ3v) is 7.63. The van der Waals surface area contributed by atoms with E-state index in [-0.39, 0.29) is 0 Å². The number of aliphatic imine (C=N–C) groups is 1. The molecule has 2 aromatic heterocycles. The maximum atomic E-state index is 11.2. The molecule has 5 rings (SSSR count). The van der Waals surface area contributed by atoms with E-state index in [1.807, 2.05) is 60.9 Å². The lowest BCUT2D eigenvalue weighted by Gasteiger charge is -2.34. The van der Waals surface area contributed by atoms with Crippen LogP contribution in [0.25, 0.3) is 16.6 Å². The molecular formula is C30H33ClN6O. The van der Waals surface area contributed by atoms with E-state index in [4.69, 9.17) is 16.6 Å². The predicted molar refractivity (Wildman–Crippen MR) is 155 cm³/mol. The fourth-order valence-corrected chi connectivity index (χ4v) is 5.00. The van der Waals surface area contributed by atoms with Gasteiger partial charge < -0.3 is 14.9 Å². The van der Waals surface area contributed by atoms with Crippen LogP contribution in [0.5, 0.6) is 0 Å². The Hall–Kier alpha value is -3.68. The topological polar surface area (TPSA) is 69.8 Å². The minimum atomic E-state index is -0.893. The first kappa shape index (κ1) is 25.9. The highest BCUT2D eigenvalue weighted by Gasteiger charge is 2.24. The minimum absolute atomic E-state index is 0.554. The zero-order chi connectivity index (χ0) is 26.8. The van der Waals surface area contributed by atoms with Crippen molar-refractivity contribution in [1.29, 1.82) is 0 Å². The second-order valence-corrected chi connectivity index (χ2v) is 9.99. The summed E-state index contributed by atoms with van der Waals surface area (Å²) in [5, 5.41) is 17.0. The Labute approximate surface area is 228 Å². The first-order valence-electron chi connectivity index (χ1n) is 12.9. The number of amidine groups is 1. The van der Waals surface area contributed by atoms with E-state index in [2.05, 4.69) is 45.8 Å². The number of benzene rings is 2.